The first kappa shape index (κ1) is 26.3. The molecule has 0 aromatic rings. The van der Waals surface area contributed by atoms with Gasteiger partial charge in [0.25, 0.3) is 0 Å². The highest BCUT2D eigenvalue weighted by molar-refractivity contribution is 9.09. The van der Waals surface area contributed by atoms with Crippen molar-refractivity contribution < 1.29 is 18.9 Å². The minimum Gasteiger partial charge on any atom is -0.357 e. The van der Waals surface area contributed by atoms with Crippen molar-refractivity contribution in [2.24, 2.45) is 0 Å². The number of ether oxygens (including phenoxy) is 4. The summed E-state index contributed by atoms with van der Waals surface area (Å²) in [4.78, 5) is 0. The molecule has 9 heteroatoms. The molecule has 0 N–H and O–H groups in total. The van der Waals surface area contributed by atoms with Crippen molar-refractivity contribution in [2.75, 3.05) is 37.9 Å². The maximum Gasteiger partial charge on any atom is 0.134 e. The molecule has 25 heavy (non-hydrogen) atoms. The SMILES string of the molecule is CCOC(OCC)[SiH2]CCCSSSCCC[SiH2]C(OCC)OCC. The summed E-state index contributed by atoms with van der Waals surface area (Å²) in [6, 6.07) is 2.62. The average molecular weight is 447 g/mol. The summed E-state index contributed by atoms with van der Waals surface area (Å²) in [5.41, 5.74) is 0. The summed E-state index contributed by atoms with van der Waals surface area (Å²) in [7, 11) is 5.43. The number of hydrogen-bond donors (Lipinski definition) is 0. The molecule has 0 bridgehead atoms. The molecule has 0 aromatic heterocycles. The Morgan fingerprint density at radius 1 is 0.640 bits per heavy atom. The van der Waals surface area contributed by atoms with Crippen molar-refractivity contribution in [3.05, 3.63) is 0 Å². The van der Waals surface area contributed by atoms with Crippen molar-refractivity contribution in [3.8, 4) is 0 Å². The Bertz CT molecular complexity index is 234. The third-order valence-electron chi connectivity index (χ3n) is 3.34. The van der Waals surface area contributed by atoms with E-state index in [2.05, 4.69) is 0 Å². The number of hydrogen-bond acceptors (Lipinski definition) is 7. The molecular formula is C16H38O4S3Si2. The van der Waals surface area contributed by atoms with E-state index in [1.54, 1.807) is 0 Å². The Labute approximate surface area is 171 Å². The zero-order valence-electron chi connectivity index (χ0n) is 16.5. The second-order valence-corrected chi connectivity index (χ2v) is 13.8. The van der Waals surface area contributed by atoms with E-state index in [4.69, 9.17) is 18.9 Å². The average Bonchev–Trinajstić information content (AvgIpc) is 2.60. The van der Waals surface area contributed by atoms with E-state index in [-0.39, 0.29) is 30.9 Å². The highest BCUT2D eigenvalue weighted by atomic mass is 33.5. The molecule has 0 aliphatic rings. The van der Waals surface area contributed by atoms with Crippen LogP contribution in [0.4, 0.5) is 0 Å². The molecule has 0 aliphatic heterocycles. The lowest BCUT2D eigenvalue weighted by Crippen LogP contribution is -2.24. The third kappa shape index (κ3) is 18.5. The van der Waals surface area contributed by atoms with Crippen LogP contribution >= 0.6 is 31.4 Å². The van der Waals surface area contributed by atoms with Crippen molar-refractivity contribution in [1.82, 2.24) is 0 Å². The van der Waals surface area contributed by atoms with Gasteiger partial charge >= 0.3 is 0 Å². The van der Waals surface area contributed by atoms with Crippen molar-refractivity contribution in [2.45, 2.75) is 64.5 Å². The molecule has 0 unspecified atom stereocenters. The van der Waals surface area contributed by atoms with Gasteiger partial charge in [-0.3, -0.25) is 0 Å². The van der Waals surface area contributed by atoms with E-state index in [9.17, 15) is 0 Å². The van der Waals surface area contributed by atoms with E-state index in [0.29, 0.717) is 0 Å². The monoisotopic (exact) mass is 446 g/mol. The zero-order chi connectivity index (χ0) is 18.6. The molecule has 0 spiro atoms. The van der Waals surface area contributed by atoms with Gasteiger partial charge in [0.1, 0.15) is 11.8 Å². The van der Waals surface area contributed by atoms with Gasteiger partial charge in [-0.15, -0.1) is 0 Å². The fourth-order valence-electron chi connectivity index (χ4n) is 2.22. The summed E-state index contributed by atoms with van der Waals surface area (Å²) in [6.45, 7) is 11.2. The van der Waals surface area contributed by atoms with Crippen LogP contribution in [0, 0.1) is 0 Å². The van der Waals surface area contributed by atoms with Crippen molar-refractivity contribution >= 4 is 50.5 Å². The van der Waals surface area contributed by atoms with Crippen LogP contribution in [0.2, 0.25) is 12.1 Å². The first-order valence-electron chi connectivity index (χ1n) is 9.65. The van der Waals surface area contributed by atoms with Gasteiger partial charge in [0, 0.05) is 37.9 Å². The molecule has 0 amide bonds. The number of rotatable bonds is 20. The van der Waals surface area contributed by atoms with Gasteiger partial charge in [0.15, 0.2) is 0 Å². The van der Waals surface area contributed by atoms with Gasteiger partial charge in [-0.2, -0.15) is 0 Å². The Morgan fingerprint density at radius 3 is 1.32 bits per heavy atom. The van der Waals surface area contributed by atoms with Gasteiger partial charge in [-0.1, -0.05) is 33.7 Å². The summed E-state index contributed by atoms with van der Waals surface area (Å²) in [5.74, 6) is 2.73. The van der Waals surface area contributed by atoms with Crippen molar-refractivity contribution in [3.63, 3.8) is 0 Å². The molecule has 0 saturated heterocycles. The van der Waals surface area contributed by atoms with Crippen molar-refractivity contribution in [1.29, 1.82) is 0 Å². The van der Waals surface area contributed by atoms with Crippen LogP contribution in [0.5, 0.6) is 0 Å². The minimum absolute atomic E-state index is 0.128. The van der Waals surface area contributed by atoms with E-state index in [1.807, 2.05) is 59.1 Å². The normalized spacial score (nSPS) is 12.7. The molecule has 0 heterocycles. The molecule has 0 atom stereocenters. The molecule has 0 radical (unpaired) electrons. The Morgan fingerprint density at radius 2 is 1.00 bits per heavy atom. The van der Waals surface area contributed by atoms with Crippen LogP contribution in [0.1, 0.15) is 40.5 Å². The second-order valence-electron chi connectivity index (χ2n) is 5.38. The standard InChI is InChI=1S/C16H38O4S3Si2/c1-5-17-15(18-6-2)24-13-9-11-21-23-22-12-10-14-25-16(19-7-3)20-8-4/h15-16H,5-14,24-25H2,1-4H3. The van der Waals surface area contributed by atoms with Crippen LogP contribution in [-0.2, 0) is 18.9 Å². The molecule has 0 fully saturated rings. The Hall–Kier alpha value is 1.32. The summed E-state index contributed by atoms with van der Waals surface area (Å²) in [5, 5.41) is 0. The van der Waals surface area contributed by atoms with Crippen LogP contribution in [0.25, 0.3) is 0 Å². The fourth-order valence-corrected chi connectivity index (χ4v) is 10.3. The lowest BCUT2D eigenvalue weighted by molar-refractivity contribution is -0.0829. The van der Waals surface area contributed by atoms with Gasteiger partial charge < -0.3 is 18.9 Å². The predicted octanol–water partition coefficient (Wildman–Crippen LogP) is 3.68. The lowest BCUT2D eigenvalue weighted by atomic mass is 10.6. The van der Waals surface area contributed by atoms with Crippen LogP contribution in [0.15, 0.2) is 0 Å². The minimum atomic E-state index is -0.257. The molecule has 0 rings (SSSR count). The first-order chi connectivity index (χ1) is 12.3. The van der Waals surface area contributed by atoms with Gasteiger partial charge in [0.05, 0.1) is 19.0 Å². The highest BCUT2D eigenvalue weighted by Crippen LogP contribution is 2.35. The molecular weight excluding hydrogens is 409 g/mol. The molecule has 152 valence electrons. The third-order valence-corrected chi connectivity index (χ3v) is 11.5. The van der Waals surface area contributed by atoms with Crippen LogP contribution in [0.3, 0.4) is 0 Å². The van der Waals surface area contributed by atoms with E-state index < -0.39 is 0 Å². The fraction of sp³-hybridized carbons (Fsp3) is 1.00. The lowest BCUT2D eigenvalue weighted by Gasteiger charge is -2.16. The molecule has 4 nitrogen and oxygen atoms in total. The molecule has 0 aliphatic carbocycles. The summed E-state index contributed by atoms with van der Waals surface area (Å²) in [6.07, 6.45) is 2.58. The van der Waals surface area contributed by atoms with Crippen LogP contribution in [-0.4, -0.2) is 68.8 Å². The Kier molecular flexibility index (Phi) is 22.8. The highest BCUT2D eigenvalue weighted by Gasteiger charge is 2.08. The largest absolute Gasteiger partial charge is 0.357 e. The first-order valence-corrected chi connectivity index (χ1v) is 17.1. The van der Waals surface area contributed by atoms with E-state index in [1.165, 1.54) is 36.4 Å². The quantitative estimate of drug-likeness (QED) is 0.122. The van der Waals surface area contributed by atoms with Gasteiger partial charge in [0.2, 0.25) is 0 Å². The maximum atomic E-state index is 5.62. The summed E-state index contributed by atoms with van der Waals surface area (Å²) < 4.78 is 22.5. The van der Waals surface area contributed by atoms with E-state index in [0.717, 1.165) is 26.4 Å². The van der Waals surface area contributed by atoms with E-state index >= 15 is 0 Å². The molecule has 0 saturated carbocycles. The Balaban J connectivity index is 3.35. The molecule has 0 aromatic carbocycles. The maximum absolute atomic E-state index is 5.62. The van der Waals surface area contributed by atoms with Crippen LogP contribution < -0.4 is 0 Å². The van der Waals surface area contributed by atoms with Gasteiger partial charge in [-0.05, 0) is 50.4 Å². The topological polar surface area (TPSA) is 36.9 Å². The predicted molar refractivity (Wildman–Crippen MR) is 123 cm³/mol. The zero-order valence-corrected chi connectivity index (χ0v) is 21.8. The summed E-state index contributed by atoms with van der Waals surface area (Å²) >= 11 is 0. The van der Waals surface area contributed by atoms with Gasteiger partial charge in [-0.25, -0.2) is 0 Å². The second kappa shape index (κ2) is 21.6. The smallest absolute Gasteiger partial charge is 0.134 e.